The number of hydrogen-bond acceptors (Lipinski definition) is 5. The van der Waals surface area contributed by atoms with Gasteiger partial charge in [-0.3, -0.25) is 4.79 Å². The van der Waals surface area contributed by atoms with Crippen molar-refractivity contribution in [3.05, 3.63) is 29.1 Å². The van der Waals surface area contributed by atoms with Gasteiger partial charge in [0.2, 0.25) is 0 Å². The molecule has 0 atom stereocenters. The molecule has 0 saturated heterocycles. The van der Waals surface area contributed by atoms with Crippen molar-refractivity contribution in [2.45, 2.75) is 0 Å². The summed E-state index contributed by atoms with van der Waals surface area (Å²) in [5.41, 5.74) is -0.0255. The van der Waals surface area contributed by atoms with Gasteiger partial charge in [0, 0.05) is 5.56 Å². The summed E-state index contributed by atoms with van der Waals surface area (Å²) in [4.78, 5) is 23.1. The molecule has 1 rings (SSSR count). The molecule has 0 aromatic heterocycles. The molecule has 0 amide bonds. The predicted molar refractivity (Wildman–Crippen MR) is 62.5 cm³/mol. The first kappa shape index (κ1) is 14.1. The minimum Gasteiger partial charge on any atom is -0.493 e. The summed E-state index contributed by atoms with van der Waals surface area (Å²) in [6, 6.07) is 2.29. The molecule has 18 heavy (non-hydrogen) atoms. The lowest BCUT2D eigenvalue weighted by Crippen LogP contribution is -2.19. The molecule has 0 spiro atoms. The Morgan fingerprint density at radius 2 is 2.00 bits per heavy atom. The summed E-state index contributed by atoms with van der Waals surface area (Å²) in [6.45, 7) is 0.0480. The van der Waals surface area contributed by atoms with E-state index in [0.717, 1.165) is 6.07 Å². The Hall–Kier alpha value is -1.95. The number of halogens is 1. The number of likely N-dealkylation sites (N-methyl/N-ethyl adjacent to an activating group) is 1. The van der Waals surface area contributed by atoms with Crippen LogP contribution in [0.3, 0.4) is 0 Å². The number of benzene rings is 1. The first-order valence-corrected chi connectivity index (χ1v) is 5.18. The van der Waals surface area contributed by atoms with E-state index in [4.69, 9.17) is 4.74 Å². The van der Waals surface area contributed by atoms with Crippen LogP contribution in [0.1, 0.15) is 20.7 Å². The molecule has 0 bridgehead atoms. The molecular weight excluding hydrogens is 241 g/mol. The molecular formula is C12H14FNO4. The molecule has 0 saturated carbocycles. The maximum absolute atomic E-state index is 13.7. The second-order valence-corrected chi connectivity index (χ2v) is 3.48. The molecule has 0 fully saturated rings. The molecule has 0 radical (unpaired) electrons. The van der Waals surface area contributed by atoms with E-state index in [1.54, 1.807) is 7.05 Å². The fraction of sp³-hybridized carbons (Fsp3) is 0.333. The second kappa shape index (κ2) is 6.11. The SMILES string of the molecule is CNCC(=O)c1cc(F)c(OC)c(C(=O)OC)c1. The largest absolute Gasteiger partial charge is 0.493 e. The van der Waals surface area contributed by atoms with Crippen LogP contribution in [-0.2, 0) is 4.74 Å². The summed E-state index contributed by atoms with van der Waals surface area (Å²) in [5.74, 6) is -2.10. The number of nitrogens with one attached hydrogen (secondary N) is 1. The standard InChI is InChI=1S/C12H14FNO4/c1-14-6-10(15)7-4-8(12(16)18-3)11(17-2)9(13)5-7/h4-5,14H,6H2,1-3H3. The van der Waals surface area contributed by atoms with E-state index >= 15 is 0 Å². The zero-order chi connectivity index (χ0) is 13.7. The predicted octanol–water partition coefficient (Wildman–Crippen LogP) is 1.02. The third-order valence-electron chi connectivity index (χ3n) is 2.31. The highest BCUT2D eigenvalue weighted by Crippen LogP contribution is 2.25. The van der Waals surface area contributed by atoms with Crippen LogP contribution in [0, 0.1) is 5.82 Å². The van der Waals surface area contributed by atoms with Gasteiger partial charge in [0.25, 0.3) is 0 Å². The van der Waals surface area contributed by atoms with Crippen molar-refractivity contribution in [3.8, 4) is 5.75 Å². The van der Waals surface area contributed by atoms with Gasteiger partial charge in [0.1, 0.15) is 5.56 Å². The van der Waals surface area contributed by atoms with Crippen LogP contribution in [0.2, 0.25) is 0 Å². The highest BCUT2D eigenvalue weighted by Gasteiger charge is 2.20. The van der Waals surface area contributed by atoms with E-state index < -0.39 is 11.8 Å². The van der Waals surface area contributed by atoms with Gasteiger partial charge in [-0.25, -0.2) is 9.18 Å². The van der Waals surface area contributed by atoms with E-state index in [2.05, 4.69) is 10.1 Å². The van der Waals surface area contributed by atoms with Gasteiger partial charge < -0.3 is 14.8 Å². The van der Waals surface area contributed by atoms with Crippen LogP contribution < -0.4 is 10.1 Å². The first-order chi connectivity index (χ1) is 8.54. The van der Waals surface area contributed by atoms with Crippen molar-refractivity contribution in [2.24, 2.45) is 0 Å². The van der Waals surface area contributed by atoms with Gasteiger partial charge in [-0.05, 0) is 19.2 Å². The number of ketones is 1. The van der Waals surface area contributed by atoms with Crippen LogP contribution in [0.4, 0.5) is 4.39 Å². The third-order valence-corrected chi connectivity index (χ3v) is 2.31. The number of methoxy groups -OCH3 is 2. The molecule has 0 aliphatic heterocycles. The normalized spacial score (nSPS) is 10.0. The van der Waals surface area contributed by atoms with Gasteiger partial charge in [0.05, 0.1) is 20.8 Å². The van der Waals surface area contributed by atoms with Gasteiger partial charge in [-0.2, -0.15) is 0 Å². The average Bonchev–Trinajstić information content (AvgIpc) is 2.37. The van der Waals surface area contributed by atoms with Crippen molar-refractivity contribution in [1.82, 2.24) is 5.32 Å². The smallest absolute Gasteiger partial charge is 0.341 e. The highest BCUT2D eigenvalue weighted by molar-refractivity contribution is 6.01. The van der Waals surface area contributed by atoms with E-state index in [0.29, 0.717) is 0 Å². The lowest BCUT2D eigenvalue weighted by Gasteiger charge is -2.10. The number of hydrogen-bond donors (Lipinski definition) is 1. The third kappa shape index (κ3) is 2.84. The molecule has 0 unspecified atom stereocenters. The molecule has 6 heteroatoms. The van der Waals surface area contributed by atoms with Crippen LogP contribution in [0.25, 0.3) is 0 Å². The zero-order valence-corrected chi connectivity index (χ0v) is 10.4. The summed E-state index contributed by atoms with van der Waals surface area (Å²) in [6.07, 6.45) is 0. The number of rotatable bonds is 5. The average molecular weight is 255 g/mol. The topological polar surface area (TPSA) is 64.6 Å². The Morgan fingerprint density at radius 1 is 1.33 bits per heavy atom. The Labute approximate surface area is 104 Å². The Kier molecular flexibility index (Phi) is 4.79. The summed E-state index contributed by atoms with van der Waals surface area (Å²) >= 11 is 0. The fourth-order valence-electron chi connectivity index (χ4n) is 1.49. The molecule has 5 nitrogen and oxygen atoms in total. The Morgan fingerprint density at radius 3 is 2.50 bits per heavy atom. The summed E-state index contributed by atoms with van der Waals surface area (Å²) < 4.78 is 23.0. The second-order valence-electron chi connectivity index (χ2n) is 3.48. The molecule has 0 heterocycles. The van der Waals surface area contributed by atoms with Crippen LogP contribution in [0.5, 0.6) is 5.75 Å². The summed E-state index contributed by atoms with van der Waals surface area (Å²) in [7, 11) is 4.00. The van der Waals surface area contributed by atoms with E-state index in [1.807, 2.05) is 0 Å². The van der Waals surface area contributed by atoms with Crippen molar-refractivity contribution >= 4 is 11.8 Å². The molecule has 1 aromatic rings. The van der Waals surface area contributed by atoms with Crippen LogP contribution in [-0.4, -0.2) is 39.6 Å². The number of esters is 1. The zero-order valence-electron chi connectivity index (χ0n) is 10.4. The molecule has 0 aliphatic carbocycles. The Balaban J connectivity index is 3.30. The number of carbonyl (C=O) groups is 2. The van der Waals surface area contributed by atoms with Gasteiger partial charge >= 0.3 is 5.97 Å². The van der Waals surface area contributed by atoms with Crippen LogP contribution in [0.15, 0.2) is 12.1 Å². The van der Waals surface area contributed by atoms with E-state index in [-0.39, 0.29) is 29.2 Å². The molecule has 98 valence electrons. The monoisotopic (exact) mass is 255 g/mol. The highest BCUT2D eigenvalue weighted by atomic mass is 19.1. The van der Waals surface area contributed by atoms with Gasteiger partial charge in [-0.15, -0.1) is 0 Å². The number of ether oxygens (including phenoxy) is 2. The molecule has 1 N–H and O–H groups in total. The number of carbonyl (C=O) groups excluding carboxylic acids is 2. The lowest BCUT2D eigenvalue weighted by atomic mass is 10.1. The van der Waals surface area contributed by atoms with Crippen LogP contribution >= 0.6 is 0 Å². The van der Waals surface area contributed by atoms with E-state index in [1.165, 1.54) is 20.3 Å². The van der Waals surface area contributed by atoms with Gasteiger partial charge in [-0.1, -0.05) is 0 Å². The molecule has 0 aliphatic rings. The van der Waals surface area contributed by atoms with Crippen molar-refractivity contribution < 1.29 is 23.5 Å². The van der Waals surface area contributed by atoms with E-state index in [9.17, 15) is 14.0 Å². The molecule has 1 aromatic carbocycles. The minimum absolute atomic E-state index is 0.0480. The minimum atomic E-state index is -0.778. The quantitative estimate of drug-likeness (QED) is 0.628. The lowest BCUT2D eigenvalue weighted by molar-refractivity contribution is 0.0596. The fourth-order valence-corrected chi connectivity index (χ4v) is 1.49. The summed E-state index contributed by atoms with van der Waals surface area (Å²) in [5, 5.41) is 2.66. The number of Topliss-reactive ketones (excluding diaryl/α,β-unsaturated/α-hetero) is 1. The maximum atomic E-state index is 13.7. The Bertz CT molecular complexity index is 473. The maximum Gasteiger partial charge on any atom is 0.341 e. The van der Waals surface area contributed by atoms with Crippen molar-refractivity contribution in [2.75, 3.05) is 27.8 Å². The van der Waals surface area contributed by atoms with Gasteiger partial charge in [0.15, 0.2) is 17.3 Å². The van der Waals surface area contributed by atoms with Crippen molar-refractivity contribution in [1.29, 1.82) is 0 Å². The van der Waals surface area contributed by atoms with Crippen molar-refractivity contribution in [3.63, 3.8) is 0 Å². The first-order valence-electron chi connectivity index (χ1n) is 5.18.